The smallest absolute Gasteiger partial charge is 0.222 e. The summed E-state index contributed by atoms with van der Waals surface area (Å²) in [5.41, 5.74) is 1.16. The van der Waals surface area contributed by atoms with Gasteiger partial charge in [-0.3, -0.25) is 4.79 Å². The highest BCUT2D eigenvalue weighted by molar-refractivity contribution is 5.76. The van der Waals surface area contributed by atoms with Crippen molar-refractivity contribution in [2.75, 3.05) is 25.5 Å². The Hall–Kier alpha value is -2.56. The summed E-state index contributed by atoms with van der Waals surface area (Å²) in [6.07, 6.45) is 14.2. The molecule has 0 bridgehead atoms. The molecule has 1 aromatic heterocycles. The number of aromatic nitrogens is 1. The van der Waals surface area contributed by atoms with Crippen LogP contribution in [-0.4, -0.2) is 36.0 Å². The fraction of sp³-hybridized carbons (Fsp3) is 0.571. The molecule has 1 amide bonds. The SMILES string of the molecule is CCCCCCCCC(=O)N(CCCCCCNc1ccccn1)Cc1ccc(OC)cc1. The van der Waals surface area contributed by atoms with Gasteiger partial charge < -0.3 is 15.0 Å². The second kappa shape index (κ2) is 17.0. The van der Waals surface area contributed by atoms with Crippen LogP contribution in [0.4, 0.5) is 5.82 Å². The van der Waals surface area contributed by atoms with Crippen LogP contribution in [0.15, 0.2) is 48.7 Å². The average Bonchev–Trinajstić information content (AvgIpc) is 2.85. The van der Waals surface area contributed by atoms with Crippen LogP contribution in [0.5, 0.6) is 5.75 Å². The number of nitrogens with zero attached hydrogens (tertiary/aromatic N) is 2. The van der Waals surface area contributed by atoms with Crippen molar-refractivity contribution in [3.63, 3.8) is 0 Å². The summed E-state index contributed by atoms with van der Waals surface area (Å²) in [5.74, 6) is 2.07. The van der Waals surface area contributed by atoms with Gasteiger partial charge in [-0.1, -0.05) is 70.1 Å². The molecule has 0 atom stereocenters. The minimum Gasteiger partial charge on any atom is -0.497 e. The van der Waals surface area contributed by atoms with Crippen molar-refractivity contribution in [1.82, 2.24) is 9.88 Å². The van der Waals surface area contributed by atoms with Crippen molar-refractivity contribution in [3.8, 4) is 5.75 Å². The van der Waals surface area contributed by atoms with Crippen LogP contribution in [0, 0.1) is 0 Å². The molecule has 0 unspecified atom stereocenters. The van der Waals surface area contributed by atoms with Gasteiger partial charge in [0.1, 0.15) is 11.6 Å². The van der Waals surface area contributed by atoms with E-state index in [0.717, 1.165) is 68.7 Å². The monoisotopic (exact) mass is 453 g/mol. The molecule has 33 heavy (non-hydrogen) atoms. The van der Waals surface area contributed by atoms with Crippen LogP contribution in [0.3, 0.4) is 0 Å². The van der Waals surface area contributed by atoms with E-state index < -0.39 is 0 Å². The summed E-state index contributed by atoms with van der Waals surface area (Å²) in [6, 6.07) is 14.0. The molecule has 5 heteroatoms. The van der Waals surface area contributed by atoms with Gasteiger partial charge in [0, 0.05) is 32.3 Å². The van der Waals surface area contributed by atoms with E-state index in [0.29, 0.717) is 13.0 Å². The van der Waals surface area contributed by atoms with E-state index in [2.05, 4.69) is 34.3 Å². The second-order valence-electron chi connectivity index (χ2n) is 8.74. The van der Waals surface area contributed by atoms with Crippen LogP contribution >= 0.6 is 0 Å². The second-order valence-corrected chi connectivity index (χ2v) is 8.74. The van der Waals surface area contributed by atoms with Gasteiger partial charge in [0.25, 0.3) is 0 Å². The summed E-state index contributed by atoms with van der Waals surface area (Å²) in [6.45, 7) is 4.68. The number of ether oxygens (including phenoxy) is 1. The van der Waals surface area contributed by atoms with Gasteiger partial charge in [-0.15, -0.1) is 0 Å². The van der Waals surface area contributed by atoms with Crippen LogP contribution in [0.2, 0.25) is 0 Å². The first kappa shape index (κ1) is 26.7. The first-order chi connectivity index (χ1) is 16.2. The van der Waals surface area contributed by atoms with E-state index in [1.807, 2.05) is 36.5 Å². The third kappa shape index (κ3) is 11.7. The maximum absolute atomic E-state index is 13.0. The molecule has 0 saturated heterocycles. The third-order valence-electron chi connectivity index (χ3n) is 5.96. The molecule has 1 heterocycles. The standard InChI is InChI=1S/C28H43N3O2/c1-3-4-5-6-7-10-16-28(32)31(24-25-17-19-26(33-2)20-18-25)23-14-9-8-12-21-29-27-15-11-13-22-30-27/h11,13,15,17-20,22H,3-10,12,14,16,21,23-24H2,1-2H3,(H,29,30). The first-order valence-electron chi connectivity index (χ1n) is 12.8. The number of unbranched alkanes of at least 4 members (excludes halogenated alkanes) is 8. The van der Waals surface area contributed by atoms with Crippen LogP contribution in [0.25, 0.3) is 0 Å². The average molecular weight is 454 g/mol. The molecule has 1 N–H and O–H groups in total. The highest BCUT2D eigenvalue weighted by atomic mass is 16.5. The predicted molar refractivity (Wildman–Crippen MR) is 138 cm³/mol. The maximum Gasteiger partial charge on any atom is 0.222 e. The maximum atomic E-state index is 13.0. The Bertz CT molecular complexity index is 749. The molecule has 1 aromatic carbocycles. The Morgan fingerprint density at radius 2 is 1.64 bits per heavy atom. The number of amides is 1. The van der Waals surface area contributed by atoms with Gasteiger partial charge >= 0.3 is 0 Å². The molecule has 0 radical (unpaired) electrons. The normalized spacial score (nSPS) is 10.7. The zero-order valence-electron chi connectivity index (χ0n) is 20.7. The highest BCUT2D eigenvalue weighted by Crippen LogP contribution is 2.16. The molecule has 0 aliphatic carbocycles. The molecule has 2 aromatic rings. The third-order valence-corrected chi connectivity index (χ3v) is 5.96. The number of anilines is 1. The molecular formula is C28H43N3O2. The Labute approximate surface area is 200 Å². The number of methoxy groups -OCH3 is 1. The lowest BCUT2D eigenvalue weighted by Gasteiger charge is -2.23. The summed E-state index contributed by atoms with van der Waals surface area (Å²) >= 11 is 0. The van der Waals surface area contributed by atoms with E-state index in [4.69, 9.17) is 4.74 Å². The highest BCUT2D eigenvalue weighted by Gasteiger charge is 2.13. The molecule has 0 aliphatic rings. The fourth-order valence-corrected chi connectivity index (χ4v) is 3.92. The van der Waals surface area contributed by atoms with Crippen molar-refractivity contribution in [3.05, 3.63) is 54.2 Å². The van der Waals surface area contributed by atoms with Crippen molar-refractivity contribution in [1.29, 1.82) is 0 Å². The van der Waals surface area contributed by atoms with Crippen molar-refractivity contribution in [2.24, 2.45) is 0 Å². The lowest BCUT2D eigenvalue weighted by molar-refractivity contribution is -0.132. The zero-order chi connectivity index (χ0) is 23.6. The Kier molecular flexibility index (Phi) is 13.7. The number of carbonyl (C=O) groups excluding carboxylic acids is 1. The van der Waals surface area contributed by atoms with E-state index in [1.165, 1.54) is 25.7 Å². The van der Waals surface area contributed by atoms with Gasteiger partial charge in [0.2, 0.25) is 5.91 Å². The number of carbonyl (C=O) groups is 1. The molecule has 182 valence electrons. The summed E-state index contributed by atoms with van der Waals surface area (Å²) in [4.78, 5) is 19.3. The minimum absolute atomic E-state index is 0.290. The minimum atomic E-state index is 0.290. The summed E-state index contributed by atoms with van der Waals surface area (Å²) < 4.78 is 5.27. The number of pyridine rings is 1. The van der Waals surface area contributed by atoms with Gasteiger partial charge in [-0.2, -0.15) is 0 Å². The van der Waals surface area contributed by atoms with Gasteiger partial charge in [0.05, 0.1) is 7.11 Å². The van der Waals surface area contributed by atoms with E-state index in [1.54, 1.807) is 7.11 Å². The number of hydrogen-bond donors (Lipinski definition) is 1. The quantitative estimate of drug-likeness (QED) is 0.251. The molecule has 0 spiro atoms. The van der Waals surface area contributed by atoms with Crippen molar-refractivity contribution >= 4 is 11.7 Å². The van der Waals surface area contributed by atoms with Crippen LogP contribution in [-0.2, 0) is 11.3 Å². The topological polar surface area (TPSA) is 54.5 Å². The van der Waals surface area contributed by atoms with Crippen LogP contribution < -0.4 is 10.1 Å². The number of benzene rings is 1. The number of nitrogens with one attached hydrogen (secondary N) is 1. The van der Waals surface area contributed by atoms with E-state index in [-0.39, 0.29) is 5.91 Å². The van der Waals surface area contributed by atoms with Crippen molar-refractivity contribution in [2.45, 2.75) is 84.1 Å². The number of rotatable bonds is 18. The van der Waals surface area contributed by atoms with Gasteiger partial charge in [0.15, 0.2) is 0 Å². The number of hydrogen-bond acceptors (Lipinski definition) is 4. The lowest BCUT2D eigenvalue weighted by atomic mass is 10.1. The van der Waals surface area contributed by atoms with Crippen molar-refractivity contribution < 1.29 is 9.53 Å². The predicted octanol–water partition coefficient (Wildman–Crippen LogP) is 6.84. The van der Waals surface area contributed by atoms with Crippen LogP contribution in [0.1, 0.15) is 83.1 Å². The molecule has 2 rings (SSSR count). The molecule has 5 nitrogen and oxygen atoms in total. The Balaban J connectivity index is 1.72. The summed E-state index contributed by atoms with van der Waals surface area (Å²) in [5, 5.41) is 3.36. The summed E-state index contributed by atoms with van der Waals surface area (Å²) in [7, 11) is 1.68. The lowest BCUT2D eigenvalue weighted by Crippen LogP contribution is -2.31. The molecule has 0 saturated carbocycles. The fourth-order valence-electron chi connectivity index (χ4n) is 3.92. The zero-order valence-corrected chi connectivity index (χ0v) is 20.7. The largest absolute Gasteiger partial charge is 0.497 e. The molecule has 0 aliphatic heterocycles. The Morgan fingerprint density at radius 3 is 2.36 bits per heavy atom. The van der Waals surface area contributed by atoms with E-state index in [9.17, 15) is 4.79 Å². The first-order valence-corrected chi connectivity index (χ1v) is 12.8. The Morgan fingerprint density at radius 1 is 0.909 bits per heavy atom. The van der Waals surface area contributed by atoms with E-state index >= 15 is 0 Å². The van der Waals surface area contributed by atoms with Gasteiger partial charge in [-0.05, 0) is 49.1 Å². The molecule has 0 fully saturated rings. The molecular weight excluding hydrogens is 410 g/mol. The van der Waals surface area contributed by atoms with Gasteiger partial charge in [-0.25, -0.2) is 4.98 Å².